The normalized spacial score (nSPS) is 11.8. The summed E-state index contributed by atoms with van der Waals surface area (Å²) in [6.45, 7) is 10.3. The Bertz CT molecular complexity index is 339. The third-order valence-electron chi connectivity index (χ3n) is 2.60. The number of halogens is 1. The van der Waals surface area contributed by atoms with Crippen molar-refractivity contribution in [1.29, 1.82) is 0 Å². The first-order valence-corrected chi connectivity index (χ1v) is 5.84. The Balaban J connectivity index is 2.35. The lowest BCUT2D eigenvalue weighted by Crippen LogP contribution is -2.20. The molecule has 0 saturated heterocycles. The number of aryl methyl sites for hydroxylation is 1. The summed E-state index contributed by atoms with van der Waals surface area (Å²) in [7, 11) is 0. The highest BCUT2D eigenvalue weighted by atomic mass is 19.1. The molecule has 1 N–H and O–H groups in total. The molecule has 0 heterocycles. The Morgan fingerprint density at radius 3 is 2.50 bits per heavy atom. The second-order valence-corrected chi connectivity index (χ2v) is 5.57. The van der Waals surface area contributed by atoms with Gasteiger partial charge in [0.1, 0.15) is 5.82 Å². The summed E-state index contributed by atoms with van der Waals surface area (Å²) in [5, 5.41) is 3.38. The van der Waals surface area contributed by atoms with Gasteiger partial charge in [0, 0.05) is 6.54 Å². The molecule has 0 bridgehead atoms. The molecule has 0 aliphatic rings. The van der Waals surface area contributed by atoms with E-state index in [1.54, 1.807) is 6.92 Å². The molecule has 0 saturated carbocycles. The summed E-state index contributed by atoms with van der Waals surface area (Å²) in [4.78, 5) is 0. The maximum atomic E-state index is 13.0. The lowest BCUT2D eigenvalue weighted by atomic mass is 9.92. The number of benzene rings is 1. The minimum atomic E-state index is -0.126. The number of hydrogen-bond acceptors (Lipinski definition) is 1. The quantitative estimate of drug-likeness (QED) is 0.768. The Morgan fingerprint density at radius 2 is 1.94 bits per heavy atom. The van der Waals surface area contributed by atoms with Crippen molar-refractivity contribution in [2.45, 2.75) is 40.7 Å². The van der Waals surface area contributed by atoms with Crippen LogP contribution in [0.3, 0.4) is 0 Å². The van der Waals surface area contributed by atoms with Crippen molar-refractivity contribution in [2.75, 3.05) is 6.54 Å². The Kier molecular flexibility index (Phi) is 4.48. The van der Waals surface area contributed by atoms with Gasteiger partial charge in [-0.25, -0.2) is 4.39 Å². The van der Waals surface area contributed by atoms with Gasteiger partial charge < -0.3 is 5.32 Å². The fraction of sp³-hybridized carbons (Fsp3) is 0.571. The van der Waals surface area contributed by atoms with Crippen LogP contribution < -0.4 is 5.32 Å². The van der Waals surface area contributed by atoms with Gasteiger partial charge in [0.15, 0.2) is 0 Å². The van der Waals surface area contributed by atoms with Crippen LogP contribution in [0.2, 0.25) is 0 Å². The van der Waals surface area contributed by atoms with Crippen molar-refractivity contribution >= 4 is 0 Å². The van der Waals surface area contributed by atoms with Crippen molar-refractivity contribution in [3.05, 3.63) is 35.1 Å². The predicted molar refractivity (Wildman–Crippen MR) is 66.9 cm³/mol. The highest BCUT2D eigenvalue weighted by Gasteiger charge is 2.08. The topological polar surface area (TPSA) is 12.0 Å². The van der Waals surface area contributed by atoms with E-state index < -0.39 is 0 Å². The summed E-state index contributed by atoms with van der Waals surface area (Å²) in [6.07, 6.45) is 1.15. The average Bonchev–Trinajstić information content (AvgIpc) is 2.17. The van der Waals surface area contributed by atoms with E-state index in [9.17, 15) is 4.39 Å². The molecule has 0 aliphatic heterocycles. The largest absolute Gasteiger partial charge is 0.313 e. The standard InChI is InChI=1S/C14H22FN/c1-11-9-12(5-6-13(11)15)10-16-8-7-14(2,3)4/h5-6,9,16H,7-8,10H2,1-4H3. The van der Waals surface area contributed by atoms with Crippen molar-refractivity contribution < 1.29 is 4.39 Å². The SMILES string of the molecule is Cc1cc(CNCCC(C)(C)C)ccc1F. The second-order valence-electron chi connectivity index (χ2n) is 5.57. The molecule has 0 amide bonds. The zero-order chi connectivity index (χ0) is 12.2. The maximum absolute atomic E-state index is 13.0. The van der Waals surface area contributed by atoms with E-state index in [4.69, 9.17) is 0 Å². The Morgan fingerprint density at radius 1 is 1.25 bits per heavy atom. The van der Waals surface area contributed by atoms with Gasteiger partial charge in [-0.3, -0.25) is 0 Å². The molecule has 0 spiro atoms. The highest BCUT2D eigenvalue weighted by Crippen LogP contribution is 2.17. The number of nitrogens with one attached hydrogen (secondary N) is 1. The van der Waals surface area contributed by atoms with Gasteiger partial charge in [-0.15, -0.1) is 0 Å². The average molecular weight is 223 g/mol. The molecule has 1 aromatic rings. The maximum Gasteiger partial charge on any atom is 0.126 e. The van der Waals surface area contributed by atoms with Crippen molar-refractivity contribution in [1.82, 2.24) is 5.32 Å². The fourth-order valence-corrected chi connectivity index (χ4v) is 1.51. The number of hydrogen-bond donors (Lipinski definition) is 1. The zero-order valence-electron chi connectivity index (χ0n) is 10.7. The minimum absolute atomic E-state index is 0.126. The lowest BCUT2D eigenvalue weighted by Gasteiger charge is -2.18. The summed E-state index contributed by atoms with van der Waals surface area (Å²) < 4.78 is 13.0. The zero-order valence-corrected chi connectivity index (χ0v) is 10.7. The van der Waals surface area contributed by atoms with E-state index in [0.717, 1.165) is 30.6 Å². The Labute approximate surface area is 98.1 Å². The van der Waals surface area contributed by atoms with Crippen LogP contribution in [0.5, 0.6) is 0 Å². The molecule has 0 aromatic heterocycles. The molecular weight excluding hydrogens is 201 g/mol. The van der Waals surface area contributed by atoms with Crippen LogP contribution in [0.25, 0.3) is 0 Å². The van der Waals surface area contributed by atoms with Crippen LogP contribution in [-0.4, -0.2) is 6.54 Å². The van der Waals surface area contributed by atoms with Crippen LogP contribution in [0, 0.1) is 18.2 Å². The summed E-state index contributed by atoms with van der Waals surface area (Å²) in [5.41, 5.74) is 2.23. The smallest absolute Gasteiger partial charge is 0.126 e. The third kappa shape index (κ3) is 4.75. The molecule has 1 aromatic carbocycles. The van der Waals surface area contributed by atoms with Gasteiger partial charge in [-0.2, -0.15) is 0 Å². The third-order valence-corrected chi connectivity index (χ3v) is 2.60. The monoisotopic (exact) mass is 223 g/mol. The van der Waals surface area contributed by atoms with Crippen LogP contribution in [0.15, 0.2) is 18.2 Å². The van der Waals surface area contributed by atoms with Gasteiger partial charge in [0.25, 0.3) is 0 Å². The molecule has 0 unspecified atom stereocenters. The lowest BCUT2D eigenvalue weighted by molar-refractivity contribution is 0.366. The van der Waals surface area contributed by atoms with E-state index in [1.807, 2.05) is 12.1 Å². The van der Waals surface area contributed by atoms with Crippen LogP contribution in [-0.2, 0) is 6.54 Å². The molecule has 0 radical (unpaired) electrons. The molecule has 1 nitrogen and oxygen atoms in total. The summed E-state index contributed by atoms with van der Waals surface area (Å²) in [5.74, 6) is -0.126. The predicted octanol–water partition coefficient (Wildman–Crippen LogP) is 3.66. The van der Waals surface area contributed by atoms with Crippen molar-refractivity contribution in [3.8, 4) is 0 Å². The highest BCUT2D eigenvalue weighted by molar-refractivity contribution is 5.23. The first-order chi connectivity index (χ1) is 7.38. The van der Waals surface area contributed by atoms with Gasteiger partial charge >= 0.3 is 0 Å². The van der Waals surface area contributed by atoms with Gasteiger partial charge in [0.05, 0.1) is 0 Å². The van der Waals surface area contributed by atoms with E-state index in [0.29, 0.717) is 5.41 Å². The second kappa shape index (κ2) is 5.44. The first kappa shape index (κ1) is 13.2. The van der Waals surface area contributed by atoms with E-state index in [1.165, 1.54) is 6.07 Å². The number of rotatable bonds is 4. The van der Waals surface area contributed by atoms with Crippen LogP contribution in [0.4, 0.5) is 4.39 Å². The van der Waals surface area contributed by atoms with Crippen LogP contribution >= 0.6 is 0 Å². The van der Waals surface area contributed by atoms with Gasteiger partial charge in [-0.05, 0) is 42.5 Å². The van der Waals surface area contributed by atoms with Crippen molar-refractivity contribution in [2.24, 2.45) is 5.41 Å². The Hall–Kier alpha value is -0.890. The molecule has 16 heavy (non-hydrogen) atoms. The molecular formula is C14H22FN. The van der Waals surface area contributed by atoms with E-state index >= 15 is 0 Å². The molecule has 1 rings (SSSR count). The van der Waals surface area contributed by atoms with E-state index in [-0.39, 0.29) is 5.82 Å². The van der Waals surface area contributed by atoms with Gasteiger partial charge in [0.2, 0.25) is 0 Å². The first-order valence-electron chi connectivity index (χ1n) is 5.84. The van der Waals surface area contributed by atoms with E-state index in [2.05, 4.69) is 26.1 Å². The molecule has 90 valence electrons. The molecule has 0 atom stereocenters. The van der Waals surface area contributed by atoms with Crippen LogP contribution in [0.1, 0.15) is 38.3 Å². The summed E-state index contributed by atoms with van der Waals surface area (Å²) >= 11 is 0. The fourth-order valence-electron chi connectivity index (χ4n) is 1.51. The minimum Gasteiger partial charge on any atom is -0.313 e. The van der Waals surface area contributed by atoms with Gasteiger partial charge in [-0.1, -0.05) is 32.9 Å². The molecule has 0 fully saturated rings. The molecule has 2 heteroatoms. The summed E-state index contributed by atoms with van der Waals surface area (Å²) in [6, 6.07) is 5.28. The molecule has 0 aliphatic carbocycles. The van der Waals surface area contributed by atoms with Crippen molar-refractivity contribution in [3.63, 3.8) is 0 Å².